The van der Waals surface area contributed by atoms with Crippen molar-refractivity contribution in [3.05, 3.63) is 82.9 Å². The largest absolute Gasteiger partial charge is 0.350 e. The number of aromatic nitrogens is 2. The predicted octanol–water partition coefficient (Wildman–Crippen LogP) is 7.01. The van der Waals surface area contributed by atoms with Crippen molar-refractivity contribution in [1.82, 2.24) is 15.1 Å². The topological polar surface area (TPSA) is 46.9 Å². The maximum absolute atomic E-state index is 13.8. The molecule has 1 amide bonds. The number of hydrogen-bond acceptors (Lipinski definition) is 2. The summed E-state index contributed by atoms with van der Waals surface area (Å²) in [5.41, 5.74) is 5.29. The number of fused-ring (bicyclic) bond motifs is 1. The zero-order valence-electron chi connectivity index (χ0n) is 22.2. The fraction of sp³-hybridized carbons (Fsp3) is 0.515. The Hall–Kier alpha value is -2.95. The highest BCUT2D eigenvalue weighted by Gasteiger charge is 2.50. The number of halogens is 1. The van der Waals surface area contributed by atoms with Crippen LogP contribution in [-0.4, -0.2) is 22.2 Å². The number of hydrogen-bond donors (Lipinski definition) is 1. The summed E-state index contributed by atoms with van der Waals surface area (Å²) in [6.07, 6.45) is 13.1. The van der Waals surface area contributed by atoms with Crippen LogP contribution in [0.5, 0.6) is 0 Å². The van der Waals surface area contributed by atoms with E-state index >= 15 is 0 Å². The van der Waals surface area contributed by atoms with E-state index in [2.05, 4.69) is 35.6 Å². The van der Waals surface area contributed by atoms with Crippen LogP contribution in [0.3, 0.4) is 0 Å². The molecule has 0 spiro atoms. The van der Waals surface area contributed by atoms with Crippen molar-refractivity contribution in [1.29, 1.82) is 0 Å². The minimum absolute atomic E-state index is 0.0263. The van der Waals surface area contributed by atoms with Crippen molar-refractivity contribution in [3.8, 4) is 5.69 Å². The van der Waals surface area contributed by atoms with Gasteiger partial charge in [-0.05, 0) is 124 Å². The third-order valence-electron chi connectivity index (χ3n) is 10.1. The lowest BCUT2D eigenvalue weighted by atomic mass is 9.49. The van der Waals surface area contributed by atoms with Gasteiger partial charge in [-0.1, -0.05) is 30.3 Å². The van der Waals surface area contributed by atoms with Gasteiger partial charge in [-0.25, -0.2) is 9.07 Å². The number of carbonyl (C=O) groups excluding carboxylic acids is 1. The van der Waals surface area contributed by atoms with Gasteiger partial charge in [0, 0.05) is 18.0 Å². The molecular formula is C33H38FN3O. The zero-order valence-corrected chi connectivity index (χ0v) is 22.2. The Bertz CT molecular complexity index is 1280. The molecule has 4 bridgehead atoms. The van der Waals surface area contributed by atoms with Crippen LogP contribution in [-0.2, 0) is 12.8 Å². The van der Waals surface area contributed by atoms with E-state index in [9.17, 15) is 9.18 Å². The van der Waals surface area contributed by atoms with E-state index in [0.717, 1.165) is 73.3 Å². The summed E-state index contributed by atoms with van der Waals surface area (Å²) in [4.78, 5) is 13.7. The molecule has 0 aliphatic heterocycles. The molecule has 3 aromatic rings. The highest BCUT2D eigenvalue weighted by atomic mass is 19.1. The second-order valence-corrected chi connectivity index (χ2v) is 12.8. The summed E-state index contributed by atoms with van der Waals surface area (Å²) in [5, 5.41) is 8.32. The molecule has 1 atom stereocenters. The smallest absolute Gasteiger partial charge is 0.272 e. The van der Waals surface area contributed by atoms with Crippen LogP contribution >= 0.6 is 0 Å². The molecule has 1 N–H and O–H groups in total. The number of nitrogens with one attached hydrogen (secondary N) is 1. The van der Waals surface area contributed by atoms with Crippen molar-refractivity contribution in [2.45, 2.75) is 76.5 Å². The van der Waals surface area contributed by atoms with E-state index in [0.29, 0.717) is 17.0 Å². The molecule has 5 aliphatic carbocycles. The Labute approximate surface area is 225 Å². The molecule has 0 saturated heterocycles. The van der Waals surface area contributed by atoms with Gasteiger partial charge in [0.1, 0.15) is 5.82 Å². The Morgan fingerprint density at radius 2 is 1.66 bits per heavy atom. The van der Waals surface area contributed by atoms with Gasteiger partial charge in [0.25, 0.3) is 5.91 Å². The Balaban J connectivity index is 1.17. The van der Waals surface area contributed by atoms with E-state index in [1.807, 2.05) is 4.68 Å². The summed E-state index contributed by atoms with van der Waals surface area (Å²) < 4.78 is 15.7. The second kappa shape index (κ2) is 9.66. The van der Waals surface area contributed by atoms with Crippen LogP contribution in [0.4, 0.5) is 4.39 Å². The molecule has 8 rings (SSSR count). The summed E-state index contributed by atoms with van der Waals surface area (Å²) in [5.74, 6) is 2.64. The SMILES string of the molecule is O=C(NCC12CC3CC(CC(C3)C1)C2)c1nn(-c2ccc(F)cc2)c2c1CCCC2CCc1ccccc1. The van der Waals surface area contributed by atoms with Gasteiger partial charge >= 0.3 is 0 Å². The molecule has 1 aromatic heterocycles. The molecule has 1 heterocycles. The van der Waals surface area contributed by atoms with E-state index in [1.54, 1.807) is 12.1 Å². The molecular weight excluding hydrogens is 473 g/mol. The first-order valence-electron chi connectivity index (χ1n) is 14.8. The zero-order chi connectivity index (χ0) is 25.7. The van der Waals surface area contributed by atoms with Crippen LogP contribution in [0.2, 0.25) is 0 Å². The third kappa shape index (κ3) is 4.48. The number of benzene rings is 2. The number of carbonyl (C=O) groups is 1. The first kappa shape index (κ1) is 24.1. The minimum Gasteiger partial charge on any atom is -0.350 e. The van der Waals surface area contributed by atoms with Crippen molar-refractivity contribution >= 4 is 5.91 Å². The number of nitrogens with zero attached hydrogens (tertiary/aromatic N) is 2. The van der Waals surface area contributed by atoms with E-state index in [1.165, 1.54) is 56.2 Å². The molecule has 5 aliphatic rings. The Morgan fingerprint density at radius 3 is 2.34 bits per heavy atom. The molecule has 2 aromatic carbocycles. The van der Waals surface area contributed by atoms with Crippen LogP contribution in [0.1, 0.15) is 91.0 Å². The average molecular weight is 512 g/mol. The molecule has 5 heteroatoms. The summed E-state index contributed by atoms with van der Waals surface area (Å²) >= 11 is 0. The van der Waals surface area contributed by atoms with Crippen molar-refractivity contribution in [3.63, 3.8) is 0 Å². The summed E-state index contributed by atoms with van der Waals surface area (Å²) in [6.45, 7) is 0.783. The number of aryl methyl sites for hydroxylation is 1. The number of amides is 1. The Morgan fingerprint density at radius 1 is 0.974 bits per heavy atom. The monoisotopic (exact) mass is 511 g/mol. The van der Waals surface area contributed by atoms with E-state index in [4.69, 9.17) is 5.10 Å². The standard InChI is InChI=1S/C33H38FN3O/c34-27-11-13-28(14-12-27)37-31-26(10-9-22-5-2-1-3-6-22)7-4-8-29(31)30(36-37)32(38)35-21-33-18-23-15-24(19-33)17-25(16-23)20-33/h1-3,5-6,11-14,23-26H,4,7-10,15-21H2,(H,35,38). The van der Waals surface area contributed by atoms with Crippen LogP contribution in [0, 0.1) is 29.0 Å². The molecule has 4 fully saturated rings. The van der Waals surface area contributed by atoms with Crippen molar-refractivity contribution < 1.29 is 9.18 Å². The van der Waals surface area contributed by atoms with Crippen molar-refractivity contribution in [2.75, 3.05) is 6.54 Å². The summed E-state index contributed by atoms with van der Waals surface area (Å²) in [7, 11) is 0. The van der Waals surface area contributed by atoms with Crippen LogP contribution < -0.4 is 5.32 Å². The highest BCUT2D eigenvalue weighted by molar-refractivity contribution is 5.94. The molecule has 38 heavy (non-hydrogen) atoms. The second-order valence-electron chi connectivity index (χ2n) is 12.8. The van der Waals surface area contributed by atoms with Gasteiger partial charge in [-0.2, -0.15) is 5.10 Å². The first-order chi connectivity index (χ1) is 18.6. The fourth-order valence-corrected chi connectivity index (χ4v) is 8.88. The quantitative estimate of drug-likeness (QED) is 0.371. The maximum atomic E-state index is 13.8. The maximum Gasteiger partial charge on any atom is 0.272 e. The van der Waals surface area contributed by atoms with Gasteiger partial charge in [0.05, 0.1) is 11.4 Å². The van der Waals surface area contributed by atoms with Crippen LogP contribution in [0.25, 0.3) is 5.69 Å². The van der Waals surface area contributed by atoms with E-state index in [-0.39, 0.29) is 11.7 Å². The fourth-order valence-electron chi connectivity index (χ4n) is 8.88. The van der Waals surface area contributed by atoms with Gasteiger partial charge in [0.2, 0.25) is 0 Å². The van der Waals surface area contributed by atoms with Gasteiger partial charge < -0.3 is 5.32 Å². The molecule has 4 nitrogen and oxygen atoms in total. The first-order valence-corrected chi connectivity index (χ1v) is 14.8. The lowest BCUT2D eigenvalue weighted by molar-refractivity contribution is -0.0503. The predicted molar refractivity (Wildman–Crippen MR) is 147 cm³/mol. The lowest BCUT2D eigenvalue weighted by Crippen LogP contribution is -2.51. The van der Waals surface area contributed by atoms with Crippen molar-refractivity contribution in [2.24, 2.45) is 23.2 Å². The van der Waals surface area contributed by atoms with Crippen LogP contribution in [0.15, 0.2) is 54.6 Å². The molecule has 1 unspecified atom stereocenters. The van der Waals surface area contributed by atoms with Gasteiger partial charge in [-0.15, -0.1) is 0 Å². The van der Waals surface area contributed by atoms with Gasteiger partial charge in [-0.3, -0.25) is 4.79 Å². The van der Waals surface area contributed by atoms with E-state index < -0.39 is 0 Å². The summed E-state index contributed by atoms with van der Waals surface area (Å²) in [6, 6.07) is 17.1. The molecule has 0 radical (unpaired) electrons. The average Bonchev–Trinajstić information content (AvgIpc) is 3.31. The van der Waals surface area contributed by atoms with Gasteiger partial charge in [0.15, 0.2) is 5.69 Å². The minimum atomic E-state index is -0.260. The normalized spacial score (nSPS) is 29.3. The third-order valence-corrected chi connectivity index (χ3v) is 10.1. The number of rotatable bonds is 7. The molecule has 198 valence electrons. The highest BCUT2D eigenvalue weighted by Crippen LogP contribution is 2.59. The Kier molecular flexibility index (Phi) is 6.13. The lowest BCUT2D eigenvalue weighted by Gasteiger charge is -2.56. The molecule has 4 saturated carbocycles.